The van der Waals surface area contributed by atoms with Gasteiger partial charge in [0, 0.05) is 23.9 Å². The Morgan fingerprint density at radius 1 is 1.28 bits per heavy atom. The van der Waals surface area contributed by atoms with E-state index in [9.17, 15) is 9.59 Å². The van der Waals surface area contributed by atoms with E-state index in [0.29, 0.717) is 5.92 Å². The number of hydrogen-bond donors (Lipinski definition) is 3. The maximum absolute atomic E-state index is 12.2. The average Bonchev–Trinajstić information content (AvgIpc) is 2.12. The summed E-state index contributed by atoms with van der Waals surface area (Å²) in [5.74, 6) is 0.0110. The molecule has 1 fully saturated rings. The number of rotatable bonds is 4. The molecule has 5 N–H and O–H groups in total. The molecule has 3 unspecified atom stereocenters. The van der Waals surface area contributed by atoms with Gasteiger partial charge in [0.15, 0.2) is 0 Å². The van der Waals surface area contributed by atoms with Gasteiger partial charge in [-0.05, 0) is 39.0 Å². The molecule has 1 saturated carbocycles. The predicted molar refractivity (Wildman–Crippen MR) is 70.5 cm³/mol. The first kappa shape index (κ1) is 15.0. The molecule has 0 radical (unpaired) electrons. The highest BCUT2D eigenvalue weighted by molar-refractivity contribution is 5.81. The fourth-order valence-electron chi connectivity index (χ4n) is 2.79. The van der Waals surface area contributed by atoms with Gasteiger partial charge in [0.1, 0.15) is 0 Å². The van der Waals surface area contributed by atoms with Crippen molar-refractivity contribution in [1.29, 1.82) is 0 Å². The molecule has 0 bridgehead atoms. The van der Waals surface area contributed by atoms with Crippen LogP contribution in [0.25, 0.3) is 0 Å². The molecule has 1 aliphatic rings. The fourth-order valence-corrected chi connectivity index (χ4v) is 2.79. The summed E-state index contributed by atoms with van der Waals surface area (Å²) >= 11 is 0. The average molecular weight is 255 g/mol. The summed E-state index contributed by atoms with van der Waals surface area (Å²) in [6.07, 6.45) is 2.72. The molecule has 5 heteroatoms. The van der Waals surface area contributed by atoms with Gasteiger partial charge in [0.25, 0.3) is 0 Å². The first-order valence-corrected chi connectivity index (χ1v) is 6.55. The van der Waals surface area contributed by atoms with E-state index in [1.807, 2.05) is 13.8 Å². The van der Waals surface area contributed by atoms with Crippen LogP contribution in [0.15, 0.2) is 0 Å². The molecule has 0 saturated heterocycles. The Bertz CT molecular complexity index is 318. The lowest BCUT2D eigenvalue weighted by molar-refractivity contribution is -0.128. The maximum atomic E-state index is 12.2. The van der Waals surface area contributed by atoms with Crippen molar-refractivity contribution in [3.63, 3.8) is 0 Å². The van der Waals surface area contributed by atoms with Crippen molar-refractivity contribution in [2.45, 2.75) is 58.0 Å². The van der Waals surface area contributed by atoms with Crippen molar-refractivity contribution >= 4 is 11.8 Å². The molecule has 2 amide bonds. The van der Waals surface area contributed by atoms with Gasteiger partial charge in [-0.3, -0.25) is 9.59 Å². The van der Waals surface area contributed by atoms with Gasteiger partial charge in [-0.25, -0.2) is 0 Å². The van der Waals surface area contributed by atoms with Gasteiger partial charge in [0.2, 0.25) is 11.8 Å². The number of primary amides is 1. The number of nitrogens with one attached hydrogen (secondary N) is 1. The number of amides is 2. The van der Waals surface area contributed by atoms with Crippen LogP contribution >= 0.6 is 0 Å². The molecule has 0 aromatic carbocycles. The highest BCUT2D eigenvalue weighted by Gasteiger charge is 2.32. The minimum Gasteiger partial charge on any atom is -0.370 e. The summed E-state index contributed by atoms with van der Waals surface area (Å²) in [5.41, 5.74) is 10.5. The van der Waals surface area contributed by atoms with E-state index in [1.165, 1.54) is 0 Å². The predicted octanol–water partition coefficient (Wildman–Crippen LogP) is 0.520. The van der Waals surface area contributed by atoms with Crippen LogP contribution in [-0.4, -0.2) is 23.4 Å². The smallest absolute Gasteiger partial charge is 0.223 e. The minimum atomic E-state index is -0.590. The van der Waals surface area contributed by atoms with Crippen molar-refractivity contribution in [1.82, 2.24) is 5.32 Å². The zero-order chi connectivity index (χ0) is 13.9. The van der Waals surface area contributed by atoms with Crippen LogP contribution in [0.3, 0.4) is 0 Å². The zero-order valence-corrected chi connectivity index (χ0v) is 11.5. The van der Waals surface area contributed by atoms with Gasteiger partial charge in [-0.2, -0.15) is 0 Å². The van der Waals surface area contributed by atoms with Crippen LogP contribution in [0.5, 0.6) is 0 Å². The summed E-state index contributed by atoms with van der Waals surface area (Å²) in [6.45, 7) is 5.73. The van der Waals surface area contributed by atoms with Gasteiger partial charge < -0.3 is 16.8 Å². The molecule has 0 spiro atoms. The van der Waals surface area contributed by atoms with Gasteiger partial charge in [0.05, 0.1) is 0 Å². The quantitative estimate of drug-likeness (QED) is 0.683. The Morgan fingerprint density at radius 3 is 2.39 bits per heavy atom. The molecule has 0 aromatic heterocycles. The van der Waals surface area contributed by atoms with Crippen LogP contribution in [0.1, 0.15) is 46.5 Å². The van der Waals surface area contributed by atoms with Crippen molar-refractivity contribution in [3.05, 3.63) is 0 Å². The van der Waals surface area contributed by atoms with Crippen LogP contribution in [0.4, 0.5) is 0 Å². The van der Waals surface area contributed by atoms with E-state index >= 15 is 0 Å². The molecule has 1 aliphatic carbocycles. The van der Waals surface area contributed by atoms with E-state index in [0.717, 1.165) is 19.3 Å². The fraction of sp³-hybridized carbons (Fsp3) is 0.846. The topological polar surface area (TPSA) is 98.2 Å². The van der Waals surface area contributed by atoms with Crippen LogP contribution in [-0.2, 0) is 9.59 Å². The van der Waals surface area contributed by atoms with Crippen molar-refractivity contribution in [2.75, 3.05) is 0 Å². The van der Waals surface area contributed by atoms with E-state index < -0.39 is 11.4 Å². The summed E-state index contributed by atoms with van der Waals surface area (Å²) in [7, 11) is 0. The Hall–Kier alpha value is -1.10. The molecule has 0 aliphatic heterocycles. The standard InChI is InChI=1S/C13H25N3O2/c1-8-4-9(6-10(14)5-8)12(18)16-13(2,3)7-11(15)17/h8-10H,4-7,14H2,1-3H3,(H2,15,17)(H,16,18). The second kappa shape index (κ2) is 5.69. The van der Waals surface area contributed by atoms with Crippen LogP contribution in [0, 0.1) is 11.8 Å². The van der Waals surface area contributed by atoms with Crippen LogP contribution in [0.2, 0.25) is 0 Å². The monoisotopic (exact) mass is 255 g/mol. The first-order chi connectivity index (χ1) is 8.19. The molecule has 0 heterocycles. The number of carbonyl (C=O) groups excluding carboxylic acids is 2. The van der Waals surface area contributed by atoms with E-state index in [2.05, 4.69) is 12.2 Å². The SMILES string of the molecule is CC1CC(N)CC(C(=O)NC(C)(C)CC(N)=O)C1. The second-order valence-electron chi connectivity index (χ2n) is 6.29. The largest absolute Gasteiger partial charge is 0.370 e. The van der Waals surface area contributed by atoms with Crippen molar-refractivity contribution < 1.29 is 9.59 Å². The Balaban J connectivity index is 2.56. The van der Waals surface area contributed by atoms with E-state index in [-0.39, 0.29) is 24.3 Å². The highest BCUT2D eigenvalue weighted by Crippen LogP contribution is 2.28. The number of hydrogen-bond acceptors (Lipinski definition) is 3. The third-order valence-corrected chi connectivity index (χ3v) is 3.43. The molecule has 3 atom stereocenters. The minimum absolute atomic E-state index is 0.0109. The third-order valence-electron chi connectivity index (χ3n) is 3.43. The first-order valence-electron chi connectivity index (χ1n) is 6.55. The molecule has 0 aromatic rings. The second-order valence-corrected chi connectivity index (χ2v) is 6.29. The summed E-state index contributed by atoms with van der Waals surface area (Å²) in [6, 6.07) is 0.101. The lowest BCUT2D eigenvalue weighted by Crippen LogP contribution is -2.50. The zero-order valence-electron chi connectivity index (χ0n) is 11.5. The summed E-state index contributed by atoms with van der Waals surface area (Å²) in [5, 5.41) is 2.90. The van der Waals surface area contributed by atoms with Crippen molar-refractivity contribution in [2.24, 2.45) is 23.3 Å². The van der Waals surface area contributed by atoms with Crippen LogP contribution < -0.4 is 16.8 Å². The maximum Gasteiger partial charge on any atom is 0.223 e. The molecule has 18 heavy (non-hydrogen) atoms. The Labute approximate surface area is 109 Å². The highest BCUT2D eigenvalue weighted by atomic mass is 16.2. The van der Waals surface area contributed by atoms with E-state index in [4.69, 9.17) is 11.5 Å². The van der Waals surface area contributed by atoms with Gasteiger partial charge in [-0.15, -0.1) is 0 Å². The number of carbonyl (C=O) groups is 2. The Morgan fingerprint density at radius 2 is 1.89 bits per heavy atom. The molecule has 5 nitrogen and oxygen atoms in total. The molecular formula is C13H25N3O2. The molecular weight excluding hydrogens is 230 g/mol. The third kappa shape index (κ3) is 4.64. The summed E-state index contributed by atoms with van der Waals surface area (Å²) < 4.78 is 0. The number of nitrogens with two attached hydrogens (primary N) is 2. The lowest BCUT2D eigenvalue weighted by atomic mass is 9.79. The molecule has 1 rings (SSSR count). The lowest BCUT2D eigenvalue weighted by Gasteiger charge is -2.33. The summed E-state index contributed by atoms with van der Waals surface area (Å²) in [4.78, 5) is 23.1. The van der Waals surface area contributed by atoms with Gasteiger partial charge in [-0.1, -0.05) is 6.92 Å². The van der Waals surface area contributed by atoms with Crippen molar-refractivity contribution in [3.8, 4) is 0 Å². The van der Waals surface area contributed by atoms with E-state index in [1.54, 1.807) is 0 Å². The Kier molecular flexibility index (Phi) is 4.73. The molecule has 104 valence electrons. The normalized spacial score (nSPS) is 28.8. The van der Waals surface area contributed by atoms with Gasteiger partial charge >= 0.3 is 0 Å².